The first-order chi connectivity index (χ1) is 25.7. The van der Waals surface area contributed by atoms with Crippen LogP contribution < -0.4 is 18.6 Å². The van der Waals surface area contributed by atoms with Crippen molar-refractivity contribution in [2.45, 2.75) is 52.1 Å². The molecule has 0 N–H and O–H groups in total. The van der Waals surface area contributed by atoms with Gasteiger partial charge in [0.2, 0.25) is 0 Å². The summed E-state index contributed by atoms with van der Waals surface area (Å²) in [5.74, 6) is 1.76. The fraction of sp³-hybridized carbons (Fsp3) is 0.278. The van der Waals surface area contributed by atoms with Crippen LogP contribution in [0.2, 0.25) is 0 Å². The fourth-order valence-corrected chi connectivity index (χ4v) is 4.92. The predicted molar refractivity (Wildman–Crippen MR) is 192 cm³/mol. The van der Waals surface area contributed by atoms with Gasteiger partial charge in [0.1, 0.15) is 24.7 Å². The number of unbranched alkanes of at least 4 members (excludes halogenated alkanes) is 3. The number of hydrogen-bond acceptors (Lipinski definition) is 4. The summed E-state index contributed by atoms with van der Waals surface area (Å²) < 4.78 is 135. The number of rotatable bonds is 15. The molecule has 4 heterocycles. The Hall–Kier alpha value is -4.56. The summed E-state index contributed by atoms with van der Waals surface area (Å²) in [5.41, 5.74) is 5.93. The first-order valence-electron chi connectivity index (χ1n) is 17.0. The van der Waals surface area contributed by atoms with Crippen LogP contribution in [-0.4, -0.2) is 23.2 Å². The summed E-state index contributed by atoms with van der Waals surface area (Å²) in [6.07, 6.45) is 21.6. The van der Waals surface area contributed by atoms with E-state index in [1.165, 1.54) is 47.9 Å². The van der Waals surface area contributed by atoms with E-state index in [2.05, 4.69) is 93.3 Å². The number of benzene rings is 1. The number of ether oxygens (including phenoxy) is 2. The first-order valence-corrected chi connectivity index (χ1v) is 21.0. The zero-order valence-electron chi connectivity index (χ0n) is 29.9. The van der Waals surface area contributed by atoms with Gasteiger partial charge in [-0.1, -0.05) is 32.3 Å². The molecule has 0 amide bonds. The molecule has 5 aromatic rings. The van der Waals surface area contributed by atoms with Gasteiger partial charge in [0.25, 0.3) is 0 Å². The maximum atomic E-state index is 9.87. The molecule has 4 aromatic heterocycles. The van der Waals surface area contributed by atoms with Crippen molar-refractivity contribution < 1.29 is 69.0 Å². The van der Waals surface area contributed by atoms with Crippen molar-refractivity contribution >= 4 is 15.6 Å². The van der Waals surface area contributed by atoms with Gasteiger partial charge in [-0.2, -0.15) is 0 Å². The van der Waals surface area contributed by atoms with Crippen LogP contribution in [-0.2, 0) is 19.5 Å². The van der Waals surface area contributed by atoms with Gasteiger partial charge in [0.05, 0.1) is 0 Å². The molecule has 0 aliphatic rings. The second kappa shape index (κ2) is 17.3. The molecule has 0 atom stereocenters. The van der Waals surface area contributed by atoms with E-state index < -0.39 is 15.6 Å². The number of aryl methyl sites for hydroxylation is 1. The van der Waals surface area contributed by atoms with E-state index >= 15 is 0 Å². The van der Waals surface area contributed by atoms with E-state index in [0.717, 1.165) is 36.6 Å². The Morgan fingerprint density at radius 1 is 0.500 bits per heavy atom. The van der Waals surface area contributed by atoms with Crippen LogP contribution in [0.1, 0.15) is 38.2 Å². The normalized spacial score (nSPS) is 13.9. The monoisotopic (exact) mass is 850 g/mol. The van der Waals surface area contributed by atoms with Gasteiger partial charge in [-0.15, -0.1) is 0 Å². The van der Waals surface area contributed by atoms with Gasteiger partial charge in [-0.25, -0.2) is 9.13 Å². The second-order valence-corrected chi connectivity index (χ2v) is 16.1. The number of halogens is 12. The van der Waals surface area contributed by atoms with Crippen molar-refractivity contribution in [2.75, 3.05) is 13.2 Å². The number of aromatic nitrogens is 4. The average molecular weight is 851 g/mol. The second-order valence-electron chi connectivity index (χ2n) is 12.3. The van der Waals surface area contributed by atoms with E-state index in [1.807, 2.05) is 49.1 Å². The van der Waals surface area contributed by atoms with Gasteiger partial charge in [-0.3, -0.25) is 9.97 Å². The standard InChI is InChI=1S/C36H40N4O2.2F6P/c1-2-3-4-5-6-34-7-8-35(41-27-25-39-21-13-32(14-22-39)30-9-17-37-18-10-30)29-36(34)42-28-26-40-23-15-33(16-24-40)31-11-19-38-20-12-31;2*1-7(2,3,4,5)6/h7-24,29H,2-6,25-28H2,1H3;;/q+2;2*-1. The van der Waals surface area contributed by atoms with Crippen LogP contribution in [0.4, 0.5) is 50.4 Å². The SMILES string of the molecule is CCCCCCc1ccc(OCC[n+]2ccc(-c3ccncc3)cc2)cc1OCC[n+]1ccc(-c2ccncc2)cc1.F[P-](F)(F)(F)(F)F.F[P-](F)(F)(F)(F)F. The summed E-state index contributed by atoms with van der Waals surface area (Å²) in [5, 5.41) is 0. The zero-order chi connectivity index (χ0) is 41.6. The Morgan fingerprint density at radius 3 is 1.30 bits per heavy atom. The molecule has 20 heteroatoms. The van der Waals surface area contributed by atoms with Crippen molar-refractivity contribution in [3.63, 3.8) is 0 Å². The van der Waals surface area contributed by atoms with Crippen LogP contribution in [0.25, 0.3) is 22.3 Å². The molecule has 6 nitrogen and oxygen atoms in total. The van der Waals surface area contributed by atoms with E-state index in [4.69, 9.17) is 9.47 Å². The van der Waals surface area contributed by atoms with E-state index in [1.54, 1.807) is 0 Å². The average Bonchev–Trinajstić information content (AvgIpc) is 3.09. The number of pyridine rings is 4. The summed E-state index contributed by atoms with van der Waals surface area (Å²) >= 11 is 0. The van der Waals surface area contributed by atoms with Gasteiger partial charge < -0.3 is 9.47 Å². The molecule has 0 aliphatic carbocycles. The molecular formula is C36H40F12N4O2P2. The third-order valence-electron chi connectivity index (χ3n) is 7.37. The Labute approximate surface area is 315 Å². The molecule has 310 valence electrons. The van der Waals surface area contributed by atoms with Crippen LogP contribution in [0.15, 0.2) is 116 Å². The predicted octanol–water partition coefficient (Wildman–Crippen LogP) is 13.4. The topological polar surface area (TPSA) is 52.0 Å². The summed E-state index contributed by atoms with van der Waals surface area (Å²) in [7, 11) is -21.3. The number of nitrogens with zero attached hydrogens (tertiary/aromatic N) is 4. The van der Waals surface area contributed by atoms with Gasteiger partial charge in [0.15, 0.2) is 37.9 Å². The summed E-state index contributed by atoms with van der Waals surface area (Å²) in [4.78, 5) is 8.21. The van der Waals surface area contributed by atoms with Crippen molar-refractivity contribution in [1.82, 2.24) is 9.97 Å². The van der Waals surface area contributed by atoms with Crippen molar-refractivity contribution in [3.8, 4) is 33.8 Å². The molecule has 0 radical (unpaired) electrons. The molecule has 0 aliphatic heterocycles. The third kappa shape index (κ3) is 23.4. The van der Waals surface area contributed by atoms with Crippen molar-refractivity contribution in [3.05, 3.63) is 122 Å². The van der Waals surface area contributed by atoms with Crippen molar-refractivity contribution in [1.29, 1.82) is 0 Å². The summed E-state index contributed by atoms with van der Waals surface area (Å²) in [6, 6.07) is 22.9. The third-order valence-corrected chi connectivity index (χ3v) is 7.37. The van der Waals surface area contributed by atoms with Crippen LogP contribution >= 0.6 is 15.6 Å². The Balaban J connectivity index is 0.000000512. The molecule has 0 bridgehead atoms. The van der Waals surface area contributed by atoms with Crippen LogP contribution in [0, 0.1) is 0 Å². The maximum absolute atomic E-state index is 10.7. The minimum absolute atomic E-state index is 0.578. The van der Waals surface area contributed by atoms with Gasteiger partial charge in [-0.05, 0) is 71.0 Å². The Bertz CT molecular complexity index is 1910. The summed E-state index contributed by atoms with van der Waals surface area (Å²) in [6.45, 7) is 4.94. The molecule has 1 aromatic carbocycles. The van der Waals surface area contributed by atoms with Crippen LogP contribution in [0.5, 0.6) is 11.5 Å². The molecule has 5 rings (SSSR count). The molecule has 56 heavy (non-hydrogen) atoms. The number of hydrogen-bond donors (Lipinski definition) is 0. The van der Waals surface area contributed by atoms with Crippen molar-refractivity contribution in [2.24, 2.45) is 0 Å². The minimum atomic E-state index is -10.7. The molecular weight excluding hydrogens is 810 g/mol. The first kappa shape index (κ1) is 45.8. The molecule has 0 spiro atoms. The Morgan fingerprint density at radius 2 is 0.893 bits per heavy atom. The molecule has 0 unspecified atom stereocenters. The fourth-order valence-electron chi connectivity index (χ4n) is 4.92. The van der Waals surface area contributed by atoms with Gasteiger partial charge >= 0.3 is 66.0 Å². The molecule has 0 saturated carbocycles. The molecule has 0 fully saturated rings. The Kier molecular flexibility index (Phi) is 14.2. The van der Waals surface area contributed by atoms with E-state index in [0.29, 0.717) is 13.2 Å². The quantitative estimate of drug-likeness (QED) is 0.0456. The van der Waals surface area contributed by atoms with E-state index in [-0.39, 0.29) is 0 Å². The van der Waals surface area contributed by atoms with E-state index in [9.17, 15) is 50.4 Å². The van der Waals surface area contributed by atoms with Gasteiger partial charge in [0, 0.05) is 55.1 Å². The van der Waals surface area contributed by atoms with Crippen LogP contribution in [0.3, 0.4) is 0 Å². The zero-order valence-corrected chi connectivity index (χ0v) is 31.7. The molecule has 0 saturated heterocycles.